The van der Waals surface area contributed by atoms with Crippen molar-refractivity contribution in [1.82, 2.24) is 14.4 Å². The van der Waals surface area contributed by atoms with Crippen molar-refractivity contribution >= 4 is 11.8 Å². The lowest BCUT2D eigenvalue weighted by molar-refractivity contribution is -0.142. The van der Waals surface area contributed by atoms with Crippen LogP contribution in [0.2, 0.25) is 0 Å². The Kier molecular flexibility index (Phi) is 16.4. The Labute approximate surface area is 272 Å². The number of hydrogen-bond acceptors (Lipinski definition) is 3. The molecule has 0 fully saturated rings. The topological polar surface area (TPSA) is 54.8 Å². The van der Waals surface area contributed by atoms with E-state index in [1.165, 1.54) is 57.8 Å². The standard InChI is InChI=1S/C39H57N3O3/c1-5-6-7-8-9-10-11-12-13-14-18-26-38(43)42(33(2)3)32-39(44)41(29-34-21-16-15-17-22-34)31-36-24-20-27-40(36)30-35-23-19-25-37(28-35)45-4/h15-17,19-25,27-28,33H,5-14,18,26,29-32H2,1-4H3. The predicted molar refractivity (Wildman–Crippen MR) is 185 cm³/mol. The molecule has 0 atom stereocenters. The van der Waals surface area contributed by atoms with E-state index in [0.29, 0.717) is 26.1 Å². The summed E-state index contributed by atoms with van der Waals surface area (Å²) in [4.78, 5) is 30.9. The van der Waals surface area contributed by atoms with Gasteiger partial charge in [-0.1, -0.05) is 114 Å². The lowest BCUT2D eigenvalue weighted by Crippen LogP contribution is -2.45. The van der Waals surface area contributed by atoms with Crippen molar-refractivity contribution in [3.05, 3.63) is 89.7 Å². The second-order valence-corrected chi connectivity index (χ2v) is 12.6. The molecule has 0 N–H and O–H groups in total. The summed E-state index contributed by atoms with van der Waals surface area (Å²) in [6.07, 6.45) is 16.3. The summed E-state index contributed by atoms with van der Waals surface area (Å²) in [6, 6.07) is 22.2. The Hall–Kier alpha value is -3.54. The SMILES string of the molecule is CCCCCCCCCCCCCC(=O)N(CC(=O)N(Cc1ccccc1)Cc1cccn1Cc1cccc(OC)c1)C(C)C. The van der Waals surface area contributed by atoms with Crippen LogP contribution in [0.3, 0.4) is 0 Å². The fourth-order valence-electron chi connectivity index (χ4n) is 5.83. The molecule has 2 aromatic carbocycles. The van der Waals surface area contributed by atoms with Crippen LogP contribution < -0.4 is 4.74 Å². The number of ether oxygens (including phenoxy) is 1. The molecule has 1 heterocycles. The number of nitrogens with zero attached hydrogens (tertiary/aromatic N) is 3. The molecule has 45 heavy (non-hydrogen) atoms. The minimum Gasteiger partial charge on any atom is -0.497 e. The van der Waals surface area contributed by atoms with Crippen LogP contribution in [0.25, 0.3) is 0 Å². The van der Waals surface area contributed by atoms with Crippen molar-refractivity contribution in [3.63, 3.8) is 0 Å². The molecular weight excluding hydrogens is 558 g/mol. The lowest BCUT2D eigenvalue weighted by Gasteiger charge is -2.30. The number of hydrogen-bond donors (Lipinski definition) is 0. The molecule has 0 aliphatic carbocycles. The summed E-state index contributed by atoms with van der Waals surface area (Å²) in [6.45, 7) is 8.00. The van der Waals surface area contributed by atoms with E-state index in [0.717, 1.165) is 35.4 Å². The van der Waals surface area contributed by atoms with Crippen molar-refractivity contribution in [2.24, 2.45) is 0 Å². The van der Waals surface area contributed by atoms with Gasteiger partial charge in [-0.05, 0) is 55.7 Å². The van der Waals surface area contributed by atoms with Gasteiger partial charge in [-0.25, -0.2) is 0 Å². The molecular formula is C39H57N3O3. The van der Waals surface area contributed by atoms with Gasteiger partial charge < -0.3 is 19.1 Å². The van der Waals surface area contributed by atoms with Gasteiger partial charge in [0.25, 0.3) is 0 Å². The Bertz CT molecular complexity index is 1250. The van der Waals surface area contributed by atoms with E-state index in [1.807, 2.05) is 73.3 Å². The molecule has 3 rings (SSSR count). The molecule has 3 aromatic rings. The zero-order valence-corrected chi connectivity index (χ0v) is 28.4. The van der Waals surface area contributed by atoms with E-state index in [9.17, 15) is 9.59 Å². The van der Waals surface area contributed by atoms with Crippen LogP contribution >= 0.6 is 0 Å². The molecule has 2 amide bonds. The molecule has 0 saturated carbocycles. The molecule has 0 aliphatic rings. The first kappa shape index (κ1) is 35.9. The quantitative estimate of drug-likeness (QED) is 0.106. The molecule has 1 aromatic heterocycles. The maximum absolute atomic E-state index is 13.9. The number of carbonyl (C=O) groups excluding carboxylic acids is 2. The van der Waals surface area contributed by atoms with E-state index in [-0.39, 0.29) is 24.4 Å². The first-order valence-corrected chi connectivity index (χ1v) is 17.3. The Morgan fingerprint density at radius 2 is 1.38 bits per heavy atom. The van der Waals surface area contributed by atoms with Gasteiger partial charge in [0.15, 0.2) is 0 Å². The summed E-state index contributed by atoms with van der Waals surface area (Å²) >= 11 is 0. The molecule has 0 aliphatic heterocycles. The van der Waals surface area contributed by atoms with Gasteiger partial charge in [0, 0.05) is 37.4 Å². The van der Waals surface area contributed by atoms with Crippen LogP contribution in [0.4, 0.5) is 0 Å². The minimum absolute atomic E-state index is 0.0334. The average Bonchev–Trinajstić information content (AvgIpc) is 3.48. The van der Waals surface area contributed by atoms with E-state index >= 15 is 0 Å². The minimum atomic E-state index is -0.0374. The smallest absolute Gasteiger partial charge is 0.242 e. The van der Waals surface area contributed by atoms with Crippen LogP contribution in [0, 0.1) is 0 Å². The molecule has 246 valence electrons. The van der Waals surface area contributed by atoms with Crippen LogP contribution in [0.1, 0.15) is 115 Å². The number of carbonyl (C=O) groups is 2. The number of unbranched alkanes of at least 4 members (excludes halogenated alkanes) is 10. The second kappa shape index (κ2) is 20.5. The van der Waals surface area contributed by atoms with Crippen LogP contribution in [-0.2, 0) is 29.2 Å². The molecule has 0 bridgehead atoms. The lowest BCUT2D eigenvalue weighted by atomic mass is 10.0. The second-order valence-electron chi connectivity index (χ2n) is 12.6. The molecule has 0 saturated heterocycles. The number of methoxy groups -OCH3 is 1. The van der Waals surface area contributed by atoms with Gasteiger partial charge in [-0.15, -0.1) is 0 Å². The fraction of sp³-hybridized carbons (Fsp3) is 0.538. The molecule has 0 spiro atoms. The van der Waals surface area contributed by atoms with Gasteiger partial charge in [0.05, 0.1) is 20.2 Å². The first-order valence-electron chi connectivity index (χ1n) is 17.3. The third kappa shape index (κ3) is 13.2. The summed E-state index contributed by atoms with van der Waals surface area (Å²) in [7, 11) is 1.68. The average molecular weight is 616 g/mol. The number of rotatable bonds is 22. The third-order valence-electron chi connectivity index (χ3n) is 8.58. The van der Waals surface area contributed by atoms with Gasteiger partial charge >= 0.3 is 0 Å². The highest BCUT2D eigenvalue weighted by atomic mass is 16.5. The summed E-state index contributed by atoms with van der Waals surface area (Å²) < 4.78 is 7.59. The normalized spacial score (nSPS) is 11.1. The van der Waals surface area contributed by atoms with Crippen molar-refractivity contribution in [2.75, 3.05) is 13.7 Å². The van der Waals surface area contributed by atoms with Crippen LogP contribution in [-0.4, -0.2) is 45.9 Å². The zero-order chi connectivity index (χ0) is 32.3. The van der Waals surface area contributed by atoms with Gasteiger partial charge in [-0.2, -0.15) is 0 Å². The first-order chi connectivity index (χ1) is 21.9. The highest BCUT2D eigenvalue weighted by Gasteiger charge is 2.24. The maximum Gasteiger partial charge on any atom is 0.242 e. The Balaban J connectivity index is 1.57. The zero-order valence-electron chi connectivity index (χ0n) is 28.4. The van der Waals surface area contributed by atoms with Crippen LogP contribution in [0.5, 0.6) is 5.75 Å². The van der Waals surface area contributed by atoms with Gasteiger partial charge in [0.1, 0.15) is 5.75 Å². The van der Waals surface area contributed by atoms with Crippen molar-refractivity contribution in [3.8, 4) is 5.75 Å². The van der Waals surface area contributed by atoms with Crippen molar-refractivity contribution in [1.29, 1.82) is 0 Å². The Morgan fingerprint density at radius 3 is 2.02 bits per heavy atom. The van der Waals surface area contributed by atoms with Gasteiger partial charge in [-0.3, -0.25) is 9.59 Å². The fourth-order valence-corrected chi connectivity index (χ4v) is 5.83. The third-order valence-corrected chi connectivity index (χ3v) is 8.58. The monoisotopic (exact) mass is 615 g/mol. The number of benzene rings is 2. The predicted octanol–water partition coefficient (Wildman–Crippen LogP) is 9.01. The highest BCUT2D eigenvalue weighted by Crippen LogP contribution is 2.18. The van der Waals surface area contributed by atoms with Crippen molar-refractivity contribution in [2.45, 2.75) is 123 Å². The van der Waals surface area contributed by atoms with E-state index < -0.39 is 0 Å². The molecule has 6 nitrogen and oxygen atoms in total. The van der Waals surface area contributed by atoms with E-state index in [1.54, 1.807) is 12.0 Å². The highest BCUT2D eigenvalue weighted by molar-refractivity contribution is 5.85. The van der Waals surface area contributed by atoms with Crippen molar-refractivity contribution < 1.29 is 14.3 Å². The van der Waals surface area contributed by atoms with Gasteiger partial charge in [0.2, 0.25) is 11.8 Å². The maximum atomic E-state index is 13.9. The number of amides is 2. The Morgan fingerprint density at radius 1 is 0.733 bits per heavy atom. The molecule has 6 heteroatoms. The molecule has 0 unspecified atom stereocenters. The summed E-state index contributed by atoms with van der Waals surface area (Å²) in [5.74, 6) is 0.873. The van der Waals surface area contributed by atoms with Crippen LogP contribution in [0.15, 0.2) is 72.9 Å². The summed E-state index contributed by atoms with van der Waals surface area (Å²) in [5.41, 5.74) is 3.25. The number of aromatic nitrogens is 1. The summed E-state index contributed by atoms with van der Waals surface area (Å²) in [5, 5.41) is 0. The van der Waals surface area contributed by atoms with E-state index in [4.69, 9.17) is 4.74 Å². The van der Waals surface area contributed by atoms with E-state index in [2.05, 4.69) is 29.8 Å². The molecule has 0 radical (unpaired) electrons. The largest absolute Gasteiger partial charge is 0.497 e.